The largest absolute Gasteiger partial charge is 0.390 e. The summed E-state index contributed by atoms with van der Waals surface area (Å²) in [6.07, 6.45) is 7.84. The molecule has 0 aromatic rings. The van der Waals surface area contributed by atoms with Crippen LogP contribution in [0, 0.1) is 28.6 Å². The van der Waals surface area contributed by atoms with Crippen molar-refractivity contribution < 1.29 is 28.8 Å². The van der Waals surface area contributed by atoms with Crippen LogP contribution in [0.25, 0.3) is 0 Å². The highest BCUT2D eigenvalue weighted by Crippen LogP contribution is 2.71. The van der Waals surface area contributed by atoms with Crippen LogP contribution < -0.4 is 0 Å². The van der Waals surface area contributed by atoms with Crippen LogP contribution in [0.1, 0.15) is 58.8 Å². The number of aliphatic hydroxyl groups excluding tert-OH is 1. The van der Waals surface area contributed by atoms with E-state index in [2.05, 4.69) is 13.8 Å². The Morgan fingerprint density at radius 2 is 1.86 bits per heavy atom. The van der Waals surface area contributed by atoms with E-state index in [-0.39, 0.29) is 24.4 Å². The Kier molecular flexibility index (Phi) is 3.86. The fourth-order valence-corrected chi connectivity index (χ4v) is 8.60. The zero-order chi connectivity index (χ0) is 20.1. The molecule has 2 saturated heterocycles. The Morgan fingerprint density at radius 1 is 1.03 bits per heavy atom. The van der Waals surface area contributed by atoms with Crippen molar-refractivity contribution in [3.8, 4) is 0 Å². The summed E-state index contributed by atoms with van der Waals surface area (Å²) in [5.74, 6) is 0.749. The van der Waals surface area contributed by atoms with Gasteiger partial charge in [0.25, 0.3) is 0 Å². The lowest BCUT2D eigenvalue weighted by molar-refractivity contribution is -0.268. The van der Waals surface area contributed by atoms with Gasteiger partial charge in [-0.25, -0.2) is 0 Å². The van der Waals surface area contributed by atoms with Crippen molar-refractivity contribution in [2.24, 2.45) is 28.6 Å². The first-order valence-electron chi connectivity index (χ1n) is 11.3. The highest BCUT2D eigenvalue weighted by molar-refractivity contribution is 5.91. The first kappa shape index (κ1) is 18.9. The third-order valence-electron chi connectivity index (χ3n) is 9.96. The van der Waals surface area contributed by atoms with Crippen molar-refractivity contribution >= 4 is 5.78 Å². The topological polar surface area (TPSA) is 74.2 Å². The second kappa shape index (κ2) is 5.92. The maximum atomic E-state index is 12.0. The number of carbonyl (C=O) groups is 1. The Balaban J connectivity index is 1.40. The zero-order valence-electron chi connectivity index (χ0n) is 17.4. The number of ketones is 1. The van der Waals surface area contributed by atoms with Crippen LogP contribution in [0.4, 0.5) is 0 Å². The fraction of sp³-hybridized carbons (Fsp3) is 0.870. The Bertz CT molecular complexity index is 766. The maximum absolute atomic E-state index is 12.0. The first-order chi connectivity index (χ1) is 13.9. The minimum atomic E-state index is -0.996. The SMILES string of the molecule is CC12CCC(=O)C=C1CCC1C2CCC2(C)C1CC(O)C21OCOC12COCO2. The second-order valence-corrected chi connectivity index (χ2v) is 10.7. The molecule has 2 aliphatic heterocycles. The van der Waals surface area contributed by atoms with Gasteiger partial charge < -0.3 is 24.1 Å². The van der Waals surface area contributed by atoms with Crippen LogP contribution in [0.5, 0.6) is 0 Å². The molecule has 0 aromatic carbocycles. The minimum absolute atomic E-state index is 0.122. The number of fused-ring (bicyclic) bond motifs is 7. The molecule has 2 heterocycles. The number of rotatable bonds is 0. The van der Waals surface area contributed by atoms with E-state index in [4.69, 9.17) is 18.9 Å². The quantitative estimate of drug-likeness (QED) is 0.669. The van der Waals surface area contributed by atoms with Gasteiger partial charge in [0.15, 0.2) is 25.0 Å². The summed E-state index contributed by atoms with van der Waals surface area (Å²) in [6.45, 7) is 5.32. The van der Waals surface area contributed by atoms with E-state index in [0.717, 1.165) is 38.5 Å². The number of ether oxygens (including phenoxy) is 4. The van der Waals surface area contributed by atoms with E-state index >= 15 is 0 Å². The van der Waals surface area contributed by atoms with Crippen LogP contribution in [0.2, 0.25) is 0 Å². The molecule has 4 aliphatic carbocycles. The molecular formula is C23H32O6. The summed E-state index contributed by atoms with van der Waals surface area (Å²) >= 11 is 0. The summed E-state index contributed by atoms with van der Waals surface area (Å²) in [5, 5.41) is 11.4. The molecule has 6 aliphatic rings. The normalized spacial score (nSPS) is 56.4. The Morgan fingerprint density at radius 3 is 2.66 bits per heavy atom. The van der Waals surface area contributed by atoms with E-state index in [1.54, 1.807) is 0 Å². The van der Waals surface area contributed by atoms with E-state index < -0.39 is 17.5 Å². The van der Waals surface area contributed by atoms with Crippen molar-refractivity contribution in [1.82, 2.24) is 0 Å². The summed E-state index contributed by atoms with van der Waals surface area (Å²) in [4.78, 5) is 12.0. The molecule has 5 fully saturated rings. The van der Waals surface area contributed by atoms with Gasteiger partial charge in [-0.2, -0.15) is 0 Å². The monoisotopic (exact) mass is 404 g/mol. The van der Waals surface area contributed by atoms with Gasteiger partial charge in [-0.15, -0.1) is 0 Å². The van der Waals surface area contributed by atoms with Crippen LogP contribution in [0.3, 0.4) is 0 Å². The lowest BCUT2D eigenvalue weighted by Gasteiger charge is -2.60. The third kappa shape index (κ3) is 2.08. The predicted octanol–water partition coefficient (Wildman–Crippen LogP) is 2.93. The van der Waals surface area contributed by atoms with Gasteiger partial charge in [0.1, 0.15) is 6.61 Å². The molecule has 160 valence electrons. The molecule has 1 N–H and O–H groups in total. The summed E-state index contributed by atoms with van der Waals surface area (Å²) in [7, 11) is 0. The van der Waals surface area contributed by atoms with Gasteiger partial charge in [0.2, 0.25) is 5.79 Å². The number of hydrogen-bond acceptors (Lipinski definition) is 6. The molecule has 6 heteroatoms. The van der Waals surface area contributed by atoms with Crippen molar-refractivity contribution in [1.29, 1.82) is 0 Å². The lowest BCUT2D eigenvalue weighted by Crippen LogP contribution is -2.67. The average Bonchev–Trinajstić information content (AvgIpc) is 3.38. The molecule has 0 amide bonds. The van der Waals surface area contributed by atoms with E-state index in [0.29, 0.717) is 36.6 Å². The van der Waals surface area contributed by atoms with Crippen LogP contribution >= 0.6 is 0 Å². The fourth-order valence-electron chi connectivity index (χ4n) is 8.60. The van der Waals surface area contributed by atoms with E-state index in [1.807, 2.05) is 6.08 Å². The molecule has 8 unspecified atom stereocenters. The van der Waals surface area contributed by atoms with Gasteiger partial charge in [-0.3, -0.25) is 4.79 Å². The molecule has 8 atom stereocenters. The highest BCUT2D eigenvalue weighted by Gasteiger charge is 2.79. The van der Waals surface area contributed by atoms with Crippen molar-refractivity contribution in [3.05, 3.63) is 11.6 Å². The number of aliphatic hydroxyl groups is 1. The zero-order valence-corrected chi connectivity index (χ0v) is 17.4. The first-order valence-corrected chi connectivity index (χ1v) is 11.3. The maximum Gasteiger partial charge on any atom is 0.229 e. The van der Waals surface area contributed by atoms with Crippen molar-refractivity contribution in [2.45, 2.75) is 76.3 Å². The van der Waals surface area contributed by atoms with Gasteiger partial charge in [0, 0.05) is 11.8 Å². The van der Waals surface area contributed by atoms with Crippen LogP contribution in [0.15, 0.2) is 11.6 Å². The van der Waals surface area contributed by atoms with Crippen molar-refractivity contribution in [3.63, 3.8) is 0 Å². The third-order valence-corrected chi connectivity index (χ3v) is 9.96. The second-order valence-electron chi connectivity index (χ2n) is 10.7. The van der Waals surface area contributed by atoms with E-state index in [1.165, 1.54) is 5.57 Å². The van der Waals surface area contributed by atoms with Crippen LogP contribution in [-0.4, -0.2) is 48.6 Å². The molecule has 29 heavy (non-hydrogen) atoms. The number of allylic oxidation sites excluding steroid dienone is 1. The molecule has 3 saturated carbocycles. The highest BCUT2D eigenvalue weighted by atomic mass is 16.9. The van der Waals surface area contributed by atoms with Gasteiger partial charge in [-0.05, 0) is 67.8 Å². The Labute approximate surface area is 171 Å². The van der Waals surface area contributed by atoms with Gasteiger partial charge in [0.05, 0.1) is 6.10 Å². The summed E-state index contributed by atoms with van der Waals surface area (Å²) in [6, 6.07) is 0. The Hall–Kier alpha value is -0.790. The average molecular weight is 405 g/mol. The summed E-state index contributed by atoms with van der Waals surface area (Å²) < 4.78 is 23.9. The molecule has 0 bridgehead atoms. The molecule has 0 aromatic heterocycles. The number of carbonyl (C=O) groups excluding carboxylic acids is 1. The van der Waals surface area contributed by atoms with Crippen molar-refractivity contribution in [2.75, 3.05) is 20.2 Å². The predicted molar refractivity (Wildman–Crippen MR) is 103 cm³/mol. The standard InChI is InChI=1S/C23H32O6/c1-20-7-5-15(24)9-14(20)3-4-16-17(20)6-8-21(2)18(16)10-19(25)23(21)22(28-13-29-23)11-26-12-27-22/h9,16-19,25H,3-8,10-13H2,1-2H3. The van der Waals surface area contributed by atoms with Gasteiger partial charge >= 0.3 is 0 Å². The molecule has 0 radical (unpaired) electrons. The molecule has 6 nitrogen and oxygen atoms in total. The minimum Gasteiger partial charge on any atom is -0.390 e. The molecule has 6 rings (SSSR count). The van der Waals surface area contributed by atoms with E-state index in [9.17, 15) is 9.90 Å². The smallest absolute Gasteiger partial charge is 0.229 e. The summed E-state index contributed by atoms with van der Waals surface area (Å²) in [5.41, 5.74) is 0.401. The lowest BCUT2D eigenvalue weighted by atomic mass is 9.46. The molecular weight excluding hydrogens is 372 g/mol. The molecule has 2 spiro atoms. The van der Waals surface area contributed by atoms with Crippen LogP contribution in [-0.2, 0) is 23.7 Å². The number of hydrogen-bond donors (Lipinski definition) is 1. The van der Waals surface area contributed by atoms with Gasteiger partial charge in [-0.1, -0.05) is 19.4 Å².